The summed E-state index contributed by atoms with van der Waals surface area (Å²) in [6, 6.07) is 13.8. The third kappa shape index (κ3) is 4.20. The monoisotopic (exact) mass is 412 g/mol. The molecule has 0 aliphatic carbocycles. The molecule has 0 aliphatic heterocycles. The Labute approximate surface area is 170 Å². The van der Waals surface area contributed by atoms with Crippen molar-refractivity contribution in [2.45, 2.75) is 13.5 Å². The van der Waals surface area contributed by atoms with Crippen molar-refractivity contribution in [1.29, 1.82) is 0 Å². The molecule has 2 aromatic heterocycles. The molecule has 0 aliphatic rings. The van der Waals surface area contributed by atoms with E-state index < -0.39 is 11.2 Å². The van der Waals surface area contributed by atoms with E-state index in [1.54, 1.807) is 18.2 Å². The van der Waals surface area contributed by atoms with E-state index in [1.165, 1.54) is 16.8 Å². The van der Waals surface area contributed by atoms with Crippen LogP contribution in [0.4, 0.5) is 0 Å². The van der Waals surface area contributed by atoms with E-state index in [1.807, 2.05) is 31.2 Å². The Morgan fingerprint density at radius 3 is 2.76 bits per heavy atom. The van der Waals surface area contributed by atoms with Gasteiger partial charge in [0.2, 0.25) is 0 Å². The van der Waals surface area contributed by atoms with Gasteiger partial charge in [-0.3, -0.25) is 14.3 Å². The van der Waals surface area contributed by atoms with Crippen molar-refractivity contribution < 1.29 is 13.9 Å². The molecular weight excluding hydrogens is 396 g/mol. The lowest BCUT2D eigenvalue weighted by Gasteiger charge is -2.14. The van der Waals surface area contributed by atoms with E-state index in [0.29, 0.717) is 22.3 Å². The van der Waals surface area contributed by atoms with E-state index in [9.17, 15) is 9.59 Å². The molecule has 4 rings (SSSR count). The lowest BCUT2D eigenvalue weighted by atomic mass is 10.2. The molecule has 0 saturated carbocycles. The van der Waals surface area contributed by atoms with Gasteiger partial charge in [-0.05, 0) is 37.3 Å². The van der Waals surface area contributed by atoms with E-state index in [-0.39, 0.29) is 13.2 Å². The summed E-state index contributed by atoms with van der Waals surface area (Å²) < 4.78 is 18.9. The molecule has 0 amide bonds. The number of nitrogens with one attached hydrogen (secondary N) is 1. The summed E-state index contributed by atoms with van der Waals surface area (Å²) in [6.45, 7) is 2.30. The fourth-order valence-corrected chi connectivity index (χ4v) is 3.08. The number of fused-ring (bicyclic) bond motifs is 1. The zero-order valence-corrected chi connectivity index (χ0v) is 16.2. The first-order valence-electron chi connectivity index (χ1n) is 8.89. The molecular formula is C21H17ClN2O5. The SMILES string of the molecule is Cc1cc2c(Oc3ccc(Cl)cc3OCCn3ccc(=O)[nH]c3=O)cccc2o1. The van der Waals surface area contributed by atoms with Gasteiger partial charge >= 0.3 is 5.69 Å². The van der Waals surface area contributed by atoms with Crippen LogP contribution in [-0.2, 0) is 6.54 Å². The van der Waals surface area contributed by atoms with Gasteiger partial charge in [-0.15, -0.1) is 0 Å². The number of halogens is 1. The molecule has 1 N–H and O–H groups in total. The van der Waals surface area contributed by atoms with Gasteiger partial charge in [0.1, 0.15) is 23.7 Å². The second-order valence-corrected chi connectivity index (χ2v) is 6.81. The highest BCUT2D eigenvalue weighted by molar-refractivity contribution is 6.30. The van der Waals surface area contributed by atoms with E-state index >= 15 is 0 Å². The molecule has 8 heteroatoms. The molecule has 148 valence electrons. The number of hydrogen-bond donors (Lipinski definition) is 1. The Kier molecular flexibility index (Phi) is 5.14. The standard InChI is InChI=1S/C21H17ClN2O5/c1-13-11-15-16(28-13)3-2-4-17(15)29-18-6-5-14(22)12-19(18)27-10-9-24-8-7-20(25)23-21(24)26/h2-8,11-12H,9-10H2,1H3,(H,23,25,26). The highest BCUT2D eigenvalue weighted by Gasteiger charge is 2.12. The van der Waals surface area contributed by atoms with Crippen molar-refractivity contribution in [3.05, 3.63) is 86.3 Å². The second kappa shape index (κ2) is 7.89. The van der Waals surface area contributed by atoms with Crippen molar-refractivity contribution in [2.75, 3.05) is 6.61 Å². The van der Waals surface area contributed by atoms with Gasteiger partial charge in [0.05, 0.1) is 11.9 Å². The minimum atomic E-state index is -0.495. The van der Waals surface area contributed by atoms with Crippen LogP contribution in [0.1, 0.15) is 5.76 Å². The summed E-state index contributed by atoms with van der Waals surface area (Å²) in [5.41, 5.74) is -0.207. The lowest BCUT2D eigenvalue weighted by Crippen LogP contribution is -2.30. The van der Waals surface area contributed by atoms with Crippen LogP contribution in [0.25, 0.3) is 11.0 Å². The van der Waals surface area contributed by atoms with Crippen LogP contribution in [-0.4, -0.2) is 16.2 Å². The summed E-state index contributed by atoms with van der Waals surface area (Å²) in [7, 11) is 0. The van der Waals surface area contributed by atoms with Crippen molar-refractivity contribution in [3.8, 4) is 17.2 Å². The Morgan fingerprint density at radius 1 is 1.07 bits per heavy atom. The van der Waals surface area contributed by atoms with Gasteiger partial charge in [0.25, 0.3) is 5.56 Å². The first-order chi connectivity index (χ1) is 14.0. The van der Waals surface area contributed by atoms with Crippen LogP contribution in [0.2, 0.25) is 5.02 Å². The van der Waals surface area contributed by atoms with Crippen LogP contribution in [0.15, 0.2) is 68.7 Å². The molecule has 0 spiro atoms. The molecule has 7 nitrogen and oxygen atoms in total. The maximum Gasteiger partial charge on any atom is 0.328 e. The van der Waals surface area contributed by atoms with Crippen molar-refractivity contribution in [1.82, 2.24) is 9.55 Å². The third-order valence-corrected chi connectivity index (χ3v) is 4.49. The average Bonchev–Trinajstić information content (AvgIpc) is 3.07. The highest BCUT2D eigenvalue weighted by atomic mass is 35.5. The molecule has 0 atom stereocenters. The topological polar surface area (TPSA) is 86.5 Å². The Bertz CT molecular complexity index is 1290. The third-order valence-electron chi connectivity index (χ3n) is 4.26. The molecule has 0 fully saturated rings. The maximum atomic E-state index is 11.8. The molecule has 0 bridgehead atoms. The fourth-order valence-electron chi connectivity index (χ4n) is 2.92. The molecule has 2 heterocycles. The van der Waals surface area contributed by atoms with Gasteiger partial charge in [-0.2, -0.15) is 0 Å². The van der Waals surface area contributed by atoms with Crippen molar-refractivity contribution in [2.24, 2.45) is 0 Å². The van der Waals surface area contributed by atoms with E-state index in [0.717, 1.165) is 16.7 Å². The summed E-state index contributed by atoms with van der Waals surface area (Å²) in [5, 5.41) is 1.34. The number of H-pyrrole nitrogens is 1. The summed E-state index contributed by atoms with van der Waals surface area (Å²) >= 11 is 6.11. The van der Waals surface area contributed by atoms with Gasteiger partial charge < -0.3 is 13.9 Å². The fraction of sp³-hybridized carbons (Fsp3) is 0.143. The number of rotatable bonds is 6. The van der Waals surface area contributed by atoms with Crippen molar-refractivity contribution >= 4 is 22.6 Å². The molecule has 2 aromatic carbocycles. The maximum absolute atomic E-state index is 11.8. The number of furan rings is 1. The molecule has 0 unspecified atom stereocenters. The number of aromatic nitrogens is 2. The largest absolute Gasteiger partial charge is 0.488 e. The quantitative estimate of drug-likeness (QED) is 0.515. The normalized spacial score (nSPS) is 11.0. The van der Waals surface area contributed by atoms with Gasteiger partial charge in [0, 0.05) is 23.4 Å². The minimum absolute atomic E-state index is 0.178. The number of hydrogen-bond acceptors (Lipinski definition) is 5. The Balaban J connectivity index is 1.55. The van der Waals surface area contributed by atoms with E-state index in [2.05, 4.69) is 4.98 Å². The summed E-state index contributed by atoms with van der Waals surface area (Å²) in [4.78, 5) is 25.1. The molecule has 0 radical (unpaired) electrons. The number of nitrogens with zero attached hydrogens (tertiary/aromatic N) is 1. The summed E-state index contributed by atoms with van der Waals surface area (Å²) in [6.07, 6.45) is 1.42. The van der Waals surface area contributed by atoms with Crippen LogP contribution >= 0.6 is 11.6 Å². The number of ether oxygens (including phenoxy) is 2. The zero-order chi connectivity index (χ0) is 20.4. The number of aryl methyl sites for hydroxylation is 1. The van der Waals surface area contributed by atoms with E-state index in [4.69, 9.17) is 25.5 Å². The van der Waals surface area contributed by atoms with Gasteiger partial charge in [-0.25, -0.2) is 4.79 Å². The van der Waals surface area contributed by atoms with Gasteiger partial charge in [0.15, 0.2) is 11.5 Å². The zero-order valence-electron chi connectivity index (χ0n) is 15.5. The number of aromatic amines is 1. The Hall–Kier alpha value is -3.45. The highest BCUT2D eigenvalue weighted by Crippen LogP contribution is 2.37. The van der Waals surface area contributed by atoms with Crippen molar-refractivity contribution in [3.63, 3.8) is 0 Å². The summed E-state index contributed by atoms with van der Waals surface area (Å²) in [5.74, 6) is 2.33. The predicted octanol–water partition coefficient (Wildman–Crippen LogP) is 4.12. The molecule has 0 saturated heterocycles. The smallest absolute Gasteiger partial charge is 0.328 e. The molecule has 29 heavy (non-hydrogen) atoms. The van der Waals surface area contributed by atoms with Crippen LogP contribution < -0.4 is 20.7 Å². The molecule has 4 aromatic rings. The van der Waals surface area contributed by atoms with Gasteiger partial charge in [-0.1, -0.05) is 17.7 Å². The average molecular weight is 413 g/mol. The van der Waals surface area contributed by atoms with Crippen LogP contribution in [0.5, 0.6) is 17.2 Å². The lowest BCUT2D eigenvalue weighted by molar-refractivity contribution is 0.283. The van der Waals surface area contributed by atoms with Crippen LogP contribution in [0, 0.1) is 6.92 Å². The minimum Gasteiger partial charge on any atom is -0.488 e. The predicted molar refractivity (Wildman–Crippen MR) is 109 cm³/mol. The van der Waals surface area contributed by atoms with Crippen LogP contribution in [0.3, 0.4) is 0 Å². The number of benzene rings is 2. The first-order valence-corrected chi connectivity index (χ1v) is 9.26. The first kappa shape index (κ1) is 18.9. The Morgan fingerprint density at radius 2 is 1.93 bits per heavy atom. The second-order valence-electron chi connectivity index (χ2n) is 6.37.